The molecule has 0 bridgehead atoms. The van der Waals surface area contributed by atoms with E-state index in [2.05, 4.69) is 15.9 Å². The number of aliphatic hydroxyl groups is 1. The molecule has 1 aromatic carbocycles. The molecule has 0 aromatic heterocycles. The highest BCUT2D eigenvalue weighted by molar-refractivity contribution is 9.10. The Morgan fingerprint density at radius 3 is 2.81 bits per heavy atom. The van der Waals surface area contributed by atoms with Crippen LogP contribution in [0.3, 0.4) is 0 Å². The number of rotatable bonds is 5. The molecule has 0 aliphatic heterocycles. The lowest BCUT2D eigenvalue weighted by Crippen LogP contribution is -2.29. The van der Waals surface area contributed by atoms with Crippen molar-refractivity contribution in [3.8, 4) is 0 Å². The number of halogens is 2. The van der Waals surface area contributed by atoms with Crippen LogP contribution in [-0.4, -0.2) is 24.4 Å². The smallest absolute Gasteiger partial charge is 0.137 e. The Kier molecular flexibility index (Phi) is 4.89. The van der Waals surface area contributed by atoms with Crippen LogP contribution in [0.15, 0.2) is 22.7 Å². The van der Waals surface area contributed by atoms with Crippen molar-refractivity contribution in [2.75, 3.05) is 13.7 Å². The fourth-order valence-electron chi connectivity index (χ4n) is 1.51. The van der Waals surface area contributed by atoms with E-state index in [1.54, 1.807) is 26.2 Å². The van der Waals surface area contributed by atoms with Gasteiger partial charge in [-0.2, -0.15) is 0 Å². The van der Waals surface area contributed by atoms with Crippen LogP contribution < -0.4 is 0 Å². The van der Waals surface area contributed by atoms with Gasteiger partial charge in [-0.25, -0.2) is 4.39 Å². The molecule has 1 rings (SSSR count). The molecule has 0 spiro atoms. The van der Waals surface area contributed by atoms with Gasteiger partial charge in [0, 0.05) is 20.1 Å². The minimum Gasteiger partial charge on any atom is -0.390 e. The Hall–Kier alpha value is -0.450. The molecule has 0 saturated carbocycles. The van der Waals surface area contributed by atoms with Crippen molar-refractivity contribution in [3.05, 3.63) is 34.1 Å². The van der Waals surface area contributed by atoms with Crippen LogP contribution in [0.2, 0.25) is 0 Å². The van der Waals surface area contributed by atoms with Gasteiger partial charge in [0.05, 0.1) is 10.1 Å². The zero-order chi connectivity index (χ0) is 12.2. The summed E-state index contributed by atoms with van der Waals surface area (Å²) in [5, 5.41) is 10.1. The second-order valence-corrected chi connectivity index (χ2v) is 4.92. The summed E-state index contributed by atoms with van der Waals surface area (Å²) in [4.78, 5) is 0. The molecule has 1 N–H and O–H groups in total. The Labute approximate surface area is 104 Å². The number of hydrogen-bond acceptors (Lipinski definition) is 2. The van der Waals surface area contributed by atoms with Crippen LogP contribution in [0.4, 0.5) is 4.39 Å². The summed E-state index contributed by atoms with van der Waals surface area (Å²) in [5.74, 6) is -0.306. The van der Waals surface area contributed by atoms with Crippen LogP contribution in [0.5, 0.6) is 0 Å². The summed E-state index contributed by atoms with van der Waals surface area (Å²) in [6.45, 7) is 2.21. The quantitative estimate of drug-likeness (QED) is 0.904. The summed E-state index contributed by atoms with van der Waals surface area (Å²) >= 11 is 3.18. The number of ether oxygens (including phenoxy) is 1. The first-order valence-corrected chi connectivity index (χ1v) is 5.90. The lowest BCUT2D eigenvalue weighted by molar-refractivity contribution is 0.0247. The first kappa shape index (κ1) is 13.6. The van der Waals surface area contributed by atoms with Crippen molar-refractivity contribution in [2.24, 2.45) is 0 Å². The first-order chi connectivity index (χ1) is 7.46. The van der Waals surface area contributed by atoms with Gasteiger partial charge in [-0.05, 0) is 40.9 Å². The Morgan fingerprint density at radius 1 is 1.50 bits per heavy atom. The summed E-state index contributed by atoms with van der Waals surface area (Å²) in [7, 11) is 1.59. The van der Waals surface area contributed by atoms with E-state index in [1.807, 2.05) is 0 Å². The predicted octanol–water partition coefficient (Wildman–Crippen LogP) is 2.92. The topological polar surface area (TPSA) is 29.5 Å². The van der Waals surface area contributed by atoms with E-state index in [0.717, 1.165) is 5.56 Å². The second kappa shape index (κ2) is 5.75. The van der Waals surface area contributed by atoms with Crippen LogP contribution in [0.1, 0.15) is 18.9 Å². The van der Waals surface area contributed by atoms with Gasteiger partial charge >= 0.3 is 0 Å². The number of methoxy groups -OCH3 is 1. The van der Waals surface area contributed by atoms with Gasteiger partial charge in [0.1, 0.15) is 5.82 Å². The maximum Gasteiger partial charge on any atom is 0.137 e. The van der Waals surface area contributed by atoms with Crippen molar-refractivity contribution < 1.29 is 14.2 Å². The Bertz CT molecular complexity index is 353. The van der Waals surface area contributed by atoms with E-state index in [1.165, 1.54) is 6.07 Å². The van der Waals surface area contributed by atoms with Gasteiger partial charge in [-0.15, -0.1) is 0 Å². The third kappa shape index (κ3) is 3.85. The average molecular weight is 291 g/mol. The molecule has 90 valence electrons. The molecule has 0 amide bonds. The molecule has 2 nitrogen and oxygen atoms in total. The molecule has 1 unspecified atom stereocenters. The molecule has 1 atom stereocenters. The minimum atomic E-state index is -0.883. The van der Waals surface area contributed by atoms with Crippen molar-refractivity contribution >= 4 is 15.9 Å². The molecule has 0 aliphatic rings. The largest absolute Gasteiger partial charge is 0.390 e. The molecule has 4 heteroatoms. The standard InChI is InChI=1S/C12H16BrFO2/c1-12(15,6-7-16-2)8-9-4-3-5-10(14)11(9)13/h3-5,15H,6-8H2,1-2H3. The lowest BCUT2D eigenvalue weighted by atomic mass is 9.93. The molecule has 0 aliphatic carbocycles. The third-order valence-corrected chi connectivity index (χ3v) is 3.34. The monoisotopic (exact) mass is 290 g/mol. The van der Waals surface area contributed by atoms with E-state index in [4.69, 9.17) is 4.74 Å². The van der Waals surface area contributed by atoms with E-state index >= 15 is 0 Å². The van der Waals surface area contributed by atoms with Crippen molar-refractivity contribution in [3.63, 3.8) is 0 Å². The van der Waals surface area contributed by atoms with E-state index in [0.29, 0.717) is 23.9 Å². The van der Waals surface area contributed by atoms with Crippen LogP contribution >= 0.6 is 15.9 Å². The highest BCUT2D eigenvalue weighted by Crippen LogP contribution is 2.25. The normalized spacial score (nSPS) is 14.8. The molecule has 0 radical (unpaired) electrons. The molecule has 0 saturated heterocycles. The highest BCUT2D eigenvalue weighted by Gasteiger charge is 2.22. The number of benzene rings is 1. The van der Waals surface area contributed by atoms with Crippen LogP contribution in [0.25, 0.3) is 0 Å². The van der Waals surface area contributed by atoms with Gasteiger partial charge < -0.3 is 9.84 Å². The third-order valence-electron chi connectivity index (χ3n) is 2.45. The molecular weight excluding hydrogens is 275 g/mol. The summed E-state index contributed by atoms with van der Waals surface area (Å²) < 4.78 is 18.6. The van der Waals surface area contributed by atoms with Gasteiger partial charge in [0.2, 0.25) is 0 Å². The zero-order valence-corrected chi connectivity index (χ0v) is 11.1. The Balaban J connectivity index is 2.75. The van der Waals surface area contributed by atoms with E-state index in [-0.39, 0.29) is 5.82 Å². The second-order valence-electron chi connectivity index (χ2n) is 4.13. The maximum absolute atomic E-state index is 13.3. The van der Waals surface area contributed by atoms with Gasteiger partial charge in [-0.1, -0.05) is 12.1 Å². The van der Waals surface area contributed by atoms with Gasteiger partial charge in [-0.3, -0.25) is 0 Å². The van der Waals surface area contributed by atoms with E-state index in [9.17, 15) is 9.50 Å². The van der Waals surface area contributed by atoms with E-state index < -0.39 is 5.60 Å². The van der Waals surface area contributed by atoms with Gasteiger partial charge in [0.15, 0.2) is 0 Å². The van der Waals surface area contributed by atoms with Crippen LogP contribution in [0, 0.1) is 5.82 Å². The SMILES string of the molecule is COCCC(C)(O)Cc1cccc(F)c1Br. The van der Waals surface area contributed by atoms with Gasteiger partial charge in [0.25, 0.3) is 0 Å². The fourth-order valence-corrected chi connectivity index (χ4v) is 1.91. The molecule has 0 fully saturated rings. The van der Waals surface area contributed by atoms with Crippen molar-refractivity contribution in [2.45, 2.75) is 25.4 Å². The summed E-state index contributed by atoms with van der Waals surface area (Å²) in [5.41, 5.74) is -0.118. The highest BCUT2D eigenvalue weighted by atomic mass is 79.9. The zero-order valence-electron chi connectivity index (χ0n) is 9.46. The molecule has 1 aromatic rings. The molecule has 16 heavy (non-hydrogen) atoms. The lowest BCUT2D eigenvalue weighted by Gasteiger charge is -2.23. The predicted molar refractivity (Wildman–Crippen MR) is 64.9 cm³/mol. The maximum atomic E-state index is 13.3. The average Bonchev–Trinajstić information content (AvgIpc) is 2.22. The molecular formula is C12H16BrFO2. The number of hydrogen-bond donors (Lipinski definition) is 1. The van der Waals surface area contributed by atoms with Crippen molar-refractivity contribution in [1.82, 2.24) is 0 Å². The molecule has 0 heterocycles. The van der Waals surface area contributed by atoms with Crippen LogP contribution in [-0.2, 0) is 11.2 Å². The summed E-state index contributed by atoms with van der Waals surface area (Å²) in [6.07, 6.45) is 0.918. The minimum absolute atomic E-state index is 0.306. The first-order valence-electron chi connectivity index (χ1n) is 5.10. The summed E-state index contributed by atoms with van der Waals surface area (Å²) in [6, 6.07) is 4.83. The fraction of sp³-hybridized carbons (Fsp3) is 0.500. The Morgan fingerprint density at radius 2 is 2.19 bits per heavy atom. The van der Waals surface area contributed by atoms with Crippen molar-refractivity contribution in [1.29, 1.82) is 0 Å².